The molecule has 5 nitrogen and oxygen atoms in total. The van der Waals surface area contributed by atoms with Gasteiger partial charge in [-0.25, -0.2) is 4.39 Å². The first-order valence-corrected chi connectivity index (χ1v) is 9.77. The Labute approximate surface area is 164 Å². The van der Waals surface area contributed by atoms with Gasteiger partial charge in [-0.1, -0.05) is 18.2 Å². The number of aromatic nitrogens is 1. The number of benzene rings is 1. The molecule has 0 aliphatic carbocycles. The highest BCUT2D eigenvalue weighted by Crippen LogP contribution is 2.40. The summed E-state index contributed by atoms with van der Waals surface area (Å²) in [6.45, 7) is 1.99. The standard InChI is InChI=1S/C22H24FN3O2/c23-19-5-2-1-4-18(19)15-25-12-3-8-22(21(25)28)9-13-26(16-22)20(27)14-17-6-10-24-11-7-17/h1-2,4-7,10-11H,3,8-9,12-16H2. The number of likely N-dealkylation sites (tertiary alicyclic amines) is 2. The minimum Gasteiger partial charge on any atom is -0.341 e. The molecular weight excluding hydrogens is 357 g/mol. The van der Waals surface area contributed by atoms with E-state index < -0.39 is 5.41 Å². The predicted molar refractivity (Wildman–Crippen MR) is 103 cm³/mol. The fourth-order valence-corrected chi connectivity index (χ4v) is 4.39. The molecule has 2 fully saturated rings. The second kappa shape index (κ2) is 7.70. The van der Waals surface area contributed by atoms with Crippen LogP contribution in [-0.2, 0) is 22.6 Å². The van der Waals surface area contributed by atoms with Crippen molar-refractivity contribution >= 4 is 11.8 Å². The zero-order valence-electron chi connectivity index (χ0n) is 15.8. The summed E-state index contributed by atoms with van der Waals surface area (Å²) in [4.78, 5) is 33.5. The SMILES string of the molecule is O=C(Cc1ccncc1)N1CCC2(CCCN(Cc3ccccc3F)C2=O)C1. The fourth-order valence-electron chi connectivity index (χ4n) is 4.39. The number of piperidine rings is 1. The van der Waals surface area contributed by atoms with Crippen LogP contribution >= 0.6 is 0 Å². The summed E-state index contributed by atoms with van der Waals surface area (Å²) in [6, 6.07) is 10.3. The summed E-state index contributed by atoms with van der Waals surface area (Å²) in [5, 5.41) is 0. The van der Waals surface area contributed by atoms with Gasteiger partial charge in [0.25, 0.3) is 0 Å². The molecule has 0 radical (unpaired) electrons. The van der Waals surface area contributed by atoms with Crippen LogP contribution in [0.15, 0.2) is 48.8 Å². The van der Waals surface area contributed by atoms with Crippen LogP contribution in [0.3, 0.4) is 0 Å². The van der Waals surface area contributed by atoms with Crippen LogP contribution in [0.5, 0.6) is 0 Å². The van der Waals surface area contributed by atoms with Gasteiger partial charge in [-0.15, -0.1) is 0 Å². The van der Waals surface area contributed by atoms with E-state index in [2.05, 4.69) is 4.98 Å². The van der Waals surface area contributed by atoms with Gasteiger partial charge in [-0.05, 0) is 43.0 Å². The highest BCUT2D eigenvalue weighted by Gasteiger charge is 2.49. The van der Waals surface area contributed by atoms with E-state index in [1.165, 1.54) is 6.07 Å². The molecule has 6 heteroatoms. The van der Waals surface area contributed by atoms with Gasteiger partial charge >= 0.3 is 0 Å². The molecule has 3 heterocycles. The molecule has 2 amide bonds. The molecule has 0 N–H and O–H groups in total. The van der Waals surface area contributed by atoms with Crippen LogP contribution in [0, 0.1) is 11.2 Å². The van der Waals surface area contributed by atoms with Crippen LogP contribution < -0.4 is 0 Å². The third-order valence-electron chi connectivity index (χ3n) is 5.95. The minimum absolute atomic E-state index is 0.0436. The summed E-state index contributed by atoms with van der Waals surface area (Å²) in [5.41, 5.74) is 0.950. The molecule has 146 valence electrons. The highest BCUT2D eigenvalue weighted by molar-refractivity contribution is 5.86. The molecule has 1 aromatic carbocycles. The first-order valence-electron chi connectivity index (χ1n) is 9.77. The van der Waals surface area contributed by atoms with Crippen molar-refractivity contribution in [1.82, 2.24) is 14.8 Å². The number of amides is 2. The van der Waals surface area contributed by atoms with Crippen LogP contribution in [0.25, 0.3) is 0 Å². The van der Waals surface area contributed by atoms with E-state index in [0.29, 0.717) is 38.0 Å². The Bertz CT molecular complexity index is 873. The van der Waals surface area contributed by atoms with E-state index in [1.54, 1.807) is 35.5 Å². The van der Waals surface area contributed by atoms with E-state index in [9.17, 15) is 14.0 Å². The van der Waals surface area contributed by atoms with Crippen LogP contribution in [0.4, 0.5) is 4.39 Å². The van der Waals surface area contributed by atoms with Gasteiger partial charge in [0.15, 0.2) is 0 Å². The average molecular weight is 381 g/mol. The van der Waals surface area contributed by atoms with Crippen molar-refractivity contribution in [1.29, 1.82) is 0 Å². The molecule has 2 aromatic rings. The molecule has 2 saturated heterocycles. The Kier molecular flexibility index (Phi) is 5.11. The molecule has 1 unspecified atom stereocenters. The monoisotopic (exact) mass is 381 g/mol. The van der Waals surface area contributed by atoms with Crippen molar-refractivity contribution < 1.29 is 14.0 Å². The molecule has 1 spiro atoms. The Hall–Kier alpha value is -2.76. The van der Waals surface area contributed by atoms with Gasteiger partial charge in [0, 0.05) is 44.1 Å². The van der Waals surface area contributed by atoms with Gasteiger partial charge in [-0.2, -0.15) is 0 Å². The maximum Gasteiger partial charge on any atom is 0.230 e. The third-order valence-corrected chi connectivity index (χ3v) is 5.95. The lowest BCUT2D eigenvalue weighted by Crippen LogP contribution is -2.50. The van der Waals surface area contributed by atoms with Crippen molar-refractivity contribution in [3.63, 3.8) is 0 Å². The van der Waals surface area contributed by atoms with Gasteiger partial charge in [0.1, 0.15) is 5.82 Å². The number of pyridine rings is 1. The van der Waals surface area contributed by atoms with E-state index in [-0.39, 0.29) is 24.2 Å². The number of carbonyl (C=O) groups is 2. The van der Waals surface area contributed by atoms with E-state index >= 15 is 0 Å². The molecule has 2 aliphatic rings. The number of carbonyl (C=O) groups excluding carboxylic acids is 2. The maximum absolute atomic E-state index is 14.0. The first kappa shape index (κ1) is 18.6. The van der Waals surface area contributed by atoms with Crippen molar-refractivity contribution in [3.05, 3.63) is 65.7 Å². The second-order valence-corrected chi connectivity index (χ2v) is 7.80. The Morgan fingerprint density at radius 2 is 1.89 bits per heavy atom. The average Bonchev–Trinajstić information content (AvgIpc) is 3.13. The molecule has 4 rings (SSSR count). The van der Waals surface area contributed by atoms with Gasteiger partial charge in [0.05, 0.1) is 11.8 Å². The van der Waals surface area contributed by atoms with Crippen LogP contribution in [-0.4, -0.2) is 46.2 Å². The smallest absolute Gasteiger partial charge is 0.230 e. The molecule has 0 saturated carbocycles. The lowest BCUT2D eigenvalue weighted by Gasteiger charge is -2.39. The van der Waals surface area contributed by atoms with E-state index in [1.807, 2.05) is 17.0 Å². The largest absolute Gasteiger partial charge is 0.341 e. The van der Waals surface area contributed by atoms with Crippen LogP contribution in [0.1, 0.15) is 30.4 Å². The number of nitrogens with zero attached hydrogens (tertiary/aromatic N) is 3. The summed E-state index contributed by atoms with van der Waals surface area (Å²) < 4.78 is 14.0. The van der Waals surface area contributed by atoms with Crippen molar-refractivity contribution in [3.8, 4) is 0 Å². The van der Waals surface area contributed by atoms with Crippen LogP contribution in [0.2, 0.25) is 0 Å². The van der Waals surface area contributed by atoms with Crippen molar-refractivity contribution in [2.75, 3.05) is 19.6 Å². The lowest BCUT2D eigenvalue weighted by atomic mass is 9.78. The van der Waals surface area contributed by atoms with Gasteiger partial charge < -0.3 is 9.80 Å². The zero-order valence-corrected chi connectivity index (χ0v) is 15.8. The number of hydrogen-bond donors (Lipinski definition) is 0. The van der Waals surface area contributed by atoms with Gasteiger partial charge in [0.2, 0.25) is 11.8 Å². The third kappa shape index (κ3) is 3.63. The topological polar surface area (TPSA) is 53.5 Å². The first-order chi connectivity index (χ1) is 13.6. The van der Waals surface area contributed by atoms with Crippen molar-refractivity contribution in [2.45, 2.75) is 32.2 Å². The summed E-state index contributed by atoms with van der Waals surface area (Å²) >= 11 is 0. The fraction of sp³-hybridized carbons (Fsp3) is 0.409. The predicted octanol–water partition coefficient (Wildman–Crippen LogP) is 2.80. The zero-order chi connectivity index (χ0) is 19.6. The molecule has 1 aromatic heterocycles. The van der Waals surface area contributed by atoms with Gasteiger partial charge in [-0.3, -0.25) is 14.6 Å². The number of rotatable bonds is 4. The highest BCUT2D eigenvalue weighted by atomic mass is 19.1. The summed E-state index contributed by atoms with van der Waals surface area (Å²) in [5.74, 6) is -0.182. The second-order valence-electron chi connectivity index (χ2n) is 7.80. The Balaban J connectivity index is 1.44. The maximum atomic E-state index is 14.0. The summed E-state index contributed by atoms with van der Waals surface area (Å²) in [6.07, 6.45) is 6.04. The Morgan fingerprint density at radius 1 is 1.11 bits per heavy atom. The van der Waals surface area contributed by atoms with E-state index in [4.69, 9.17) is 0 Å². The molecular formula is C22H24FN3O2. The molecule has 2 aliphatic heterocycles. The number of hydrogen-bond acceptors (Lipinski definition) is 3. The lowest BCUT2D eigenvalue weighted by molar-refractivity contribution is -0.146. The molecule has 1 atom stereocenters. The minimum atomic E-state index is -0.516. The number of halogens is 1. The Morgan fingerprint density at radius 3 is 2.68 bits per heavy atom. The molecule has 0 bridgehead atoms. The van der Waals surface area contributed by atoms with Crippen molar-refractivity contribution in [2.24, 2.45) is 5.41 Å². The normalized spacial score (nSPS) is 22.1. The summed E-state index contributed by atoms with van der Waals surface area (Å²) in [7, 11) is 0. The quantitative estimate of drug-likeness (QED) is 0.818. The van der Waals surface area contributed by atoms with E-state index in [0.717, 1.165) is 18.4 Å². The molecule has 28 heavy (non-hydrogen) atoms.